The summed E-state index contributed by atoms with van der Waals surface area (Å²) in [6.45, 7) is 0. The van der Waals surface area contributed by atoms with Gasteiger partial charge in [-0.1, -0.05) is 0 Å². The van der Waals surface area contributed by atoms with Gasteiger partial charge in [-0.15, -0.1) is 0 Å². The topological polar surface area (TPSA) is 102 Å². The normalized spacial score (nSPS) is 10.3. The Kier molecular flexibility index (Phi) is 2.80. The van der Waals surface area contributed by atoms with Crippen LogP contribution in [0.5, 0.6) is 0 Å². The summed E-state index contributed by atoms with van der Waals surface area (Å²) in [4.78, 5) is 35.4. The molecular weight excluding hydrogens is 240 g/mol. The molecule has 0 radical (unpaired) electrons. The number of methoxy groups -OCH3 is 1. The number of fused-ring (bicyclic) bond motifs is 1. The Hall–Kier alpha value is -2.70. The van der Waals surface area contributed by atoms with Gasteiger partial charge in [0.25, 0.3) is 11.2 Å². The van der Waals surface area contributed by atoms with E-state index in [1.54, 1.807) is 0 Å². The molecule has 2 rings (SSSR count). The van der Waals surface area contributed by atoms with Crippen LogP contribution in [0.15, 0.2) is 29.1 Å². The van der Waals surface area contributed by atoms with Gasteiger partial charge in [0.2, 0.25) is 0 Å². The maximum absolute atomic E-state index is 11.6. The molecule has 0 unspecified atom stereocenters. The number of ether oxygens (including phenoxy) is 1. The minimum absolute atomic E-state index is 0.120. The van der Waals surface area contributed by atoms with E-state index in [9.17, 15) is 19.7 Å². The molecule has 0 saturated heterocycles. The van der Waals surface area contributed by atoms with Crippen LogP contribution in [-0.2, 0) is 4.74 Å². The quantitative estimate of drug-likeness (QED) is 0.489. The minimum Gasteiger partial charge on any atom is -0.465 e. The smallest absolute Gasteiger partial charge is 0.343 e. The summed E-state index contributed by atoms with van der Waals surface area (Å²) in [5, 5.41) is 11.0. The van der Waals surface area contributed by atoms with E-state index in [1.807, 2.05) is 0 Å². The van der Waals surface area contributed by atoms with Crippen molar-refractivity contribution >= 4 is 22.6 Å². The molecular formula is C11H8N2O5. The largest absolute Gasteiger partial charge is 0.465 e. The summed E-state index contributed by atoms with van der Waals surface area (Å²) < 4.78 is 4.45. The molecule has 0 spiro atoms. The Bertz CT molecular complexity index is 704. The van der Waals surface area contributed by atoms with E-state index in [2.05, 4.69) is 9.72 Å². The number of H-pyrrole nitrogens is 1. The number of hydrogen-bond acceptors (Lipinski definition) is 5. The second kappa shape index (κ2) is 4.28. The first-order valence-electron chi connectivity index (χ1n) is 4.92. The number of rotatable bonds is 2. The van der Waals surface area contributed by atoms with Crippen molar-refractivity contribution in [2.45, 2.75) is 0 Å². The summed E-state index contributed by atoms with van der Waals surface area (Å²) in [6, 6.07) is 5.23. The van der Waals surface area contributed by atoms with Gasteiger partial charge in [-0.05, 0) is 12.1 Å². The molecule has 7 heteroatoms. The highest BCUT2D eigenvalue weighted by atomic mass is 16.6. The number of pyridine rings is 1. The van der Waals surface area contributed by atoms with Gasteiger partial charge in [0.05, 0.1) is 12.0 Å². The third kappa shape index (κ3) is 1.93. The molecule has 0 atom stereocenters. The SMILES string of the molecule is COC(=O)c1cc2cc([N+](=O)[O-])ccc2[nH]c1=O. The molecule has 0 amide bonds. The van der Waals surface area contributed by atoms with Crippen LogP contribution in [0, 0.1) is 10.1 Å². The number of esters is 1. The van der Waals surface area contributed by atoms with Gasteiger partial charge in [-0.25, -0.2) is 4.79 Å². The summed E-state index contributed by atoms with van der Waals surface area (Å²) in [6.07, 6.45) is 0. The van der Waals surface area contributed by atoms with Gasteiger partial charge in [-0.2, -0.15) is 0 Å². The Morgan fingerprint density at radius 2 is 2.11 bits per heavy atom. The fourth-order valence-corrected chi connectivity index (χ4v) is 1.57. The number of aromatic amines is 1. The fraction of sp³-hybridized carbons (Fsp3) is 0.0909. The van der Waals surface area contributed by atoms with E-state index in [-0.39, 0.29) is 11.3 Å². The van der Waals surface area contributed by atoms with Crippen LogP contribution in [-0.4, -0.2) is 23.0 Å². The molecule has 7 nitrogen and oxygen atoms in total. The van der Waals surface area contributed by atoms with Crippen molar-refractivity contribution in [1.29, 1.82) is 0 Å². The molecule has 92 valence electrons. The van der Waals surface area contributed by atoms with Crippen molar-refractivity contribution in [3.05, 3.63) is 50.3 Å². The number of carbonyl (C=O) groups excluding carboxylic acids is 1. The maximum atomic E-state index is 11.6. The number of nitrogens with zero attached hydrogens (tertiary/aromatic N) is 1. The molecule has 1 aromatic heterocycles. The highest BCUT2D eigenvalue weighted by Crippen LogP contribution is 2.19. The number of nitrogens with one attached hydrogen (secondary N) is 1. The molecule has 0 bridgehead atoms. The van der Waals surface area contributed by atoms with Crippen LogP contribution < -0.4 is 5.56 Å². The Morgan fingerprint density at radius 3 is 2.72 bits per heavy atom. The van der Waals surface area contributed by atoms with E-state index in [4.69, 9.17) is 0 Å². The molecule has 0 saturated carbocycles. The number of nitro benzene ring substituents is 1. The molecule has 0 aliphatic heterocycles. The molecule has 0 aliphatic rings. The summed E-state index contributed by atoms with van der Waals surface area (Å²) in [5.74, 6) is -0.787. The number of benzene rings is 1. The highest BCUT2D eigenvalue weighted by molar-refractivity contribution is 5.93. The lowest BCUT2D eigenvalue weighted by atomic mass is 10.1. The van der Waals surface area contributed by atoms with E-state index in [0.717, 1.165) is 7.11 Å². The van der Waals surface area contributed by atoms with Gasteiger partial charge in [0, 0.05) is 23.0 Å². The predicted octanol–water partition coefficient (Wildman–Crippen LogP) is 1.22. The third-order valence-electron chi connectivity index (χ3n) is 2.44. The van der Waals surface area contributed by atoms with E-state index in [0.29, 0.717) is 10.9 Å². The first kappa shape index (κ1) is 11.8. The van der Waals surface area contributed by atoms with Crippen LogP contribution in [0.2, 0.25) is 0 Å². The number of hydrogen-bond donors (Lipinski definition) is 1. The van der Waals surface area contributed by atoms with E-state index in [1.165, 1.54) is 24.3 Å². The van der Waals surface area contributed by atoms with Crippen molar-refractivity contribution in [1.82, 2.24) is 4.98 Å². The molecule has 1 N–H and O–H groups in total. The van der Waals surface area contributed by atoms with Gasteiger partial charge in [0.15, 0.2) is 0 Å². The summed E-state index contributed by atoms with van der Waals surface area (Å²) in [7, 11) is 1.15. The summed E-state index contributed by atoms with van der Waals surface area (Å²) >= 11 is 0. The lowest BCUT2D eigenvalue weighted by Gasteiger charge is -2.01. The average Bonchev–Trinajstić information content (AvgIpc) is 2.36. The molecule has 18 heavy (non-hydrogen) atoms. The second-order valence-electron chi connectivity index (χ2n) is 3.53. The van der Waals surface area contributed by atoms with E-state index >= 15 is 0 Å². The highest BCUT2D eigenvalue weighted by Gasteiger charge is 2.13. The zero-order chi connectivity index (χ0) is 13.3. The Labute approximate surface area is 100 Å². The molecule has 1 heterocycles. The van der Waals surface area contributed by atoms with Crippen LogP contribution in [0.1, 0.15) is 10.4 Å². The number of aromatic nitrogens is 1. The predicted molar refractivity (Wildman–Crippen MR) is 62.6 cm³/mol. The summed E-state index contributed by atoms with van der Waals surface area (Å²) in [5.41, 5.74) is -0.489. The first-order valence-corrected chi connectivity index (χ1v) is 4.92. The molecule has 0 aliphatic carbocycles. The van der Waals surface area contributed by atoms with Crippen LogP contribution in [0.4, 0.5) is 5.69 Å². The van der Waals surface area contributed by atoms with Crippen LogP contribution >= 0.6 is 0 Å². The van der Waals surface area contributed by atoms with Crippen molar-refractivity contribution in [3.8, 4) is 0 Å². The number of carbonyl (C=O) groups is 1. The van der Waals surface area contributed by atoms with Gasteiger partial charge in [-0.3, -0.25) is 14.9 Å². The van der Waals surface area contributed by atoms with E-state index < -0.39 is 16.5 Å². The number of non-ortho nitro benzene ring substituents is 1. The van der Waals surface area contributed by atoms with Crippen molar-refractivity contribution < 1.29 is 14.5 Å². The third-order valence-corrected chi connectivity index (χ3v) is 2.44. The van der Waals surface area contributed by atoms with Crippen molar-refractivity contribution in [2.24, 2.45) is 0 Å². The molecule has 1 aromatic carbocycles. The first-order chi connectivity index (χ1) is 8.52. The minimum atomic E-state index is -0.787. The van der Waals surface area contributed by atoms with Crippen LogP contribution in [0.25, 0.3) is 10.9 Å². The lowest BCUT2D eigenvalue weighted by Crippen LogP contribution is -2.18. The lowest BCUT2D eigenvalue weighted by molar-refractivity contribution is -0.384. The zero-order valence-electron chi connectivity index (χ0n) is 9.30. The van der Waals surface area contributed by atoms with Crippen molar-refractivity contribution in [2.75, 3.05) is 7.11 Å². The molecule has 0 fully saturated rings. The van der Waals surface area contributed by atoms with Gasteiger partial charge < -0.3 is 9.72 Å². The maximum Gasteiger partial charge on any atom is 0.343 e. The average molecular weight is 248 g/mol. The zero-order valence-corrected chi connectivity index (χ0v) is 9.30. The van der Waals surface area contributed by atoms with Crippen molar-refractivity contribution in [3.63, 3.8) is 0 Å². The number of nitro groups is 1. The monoisotopic (exact) mass is 248 g/mol. The second-order valence-corrected chi connectivity index (χ2v) is 3.53. The van der Waals surface area contributed by atoms with Crippen LogP contribution in [0.3, 0.4) is 0 Å². The Morgan fingerprint density at radius 1 is 1.39 bits per heavy atom. The van der Waals surface area contributed by atoms with Gasteiger partial charge >= 0.3 is 5.97 Å². The van der Waals surface area contributed by atoms with Gasteiger partial charge in [0.1, 0.15) is 5.56 Å². The standard InChI is InChI=1S/C11H8N2O5/c1-18-11(15)8-5-6-4-7(13(16)17)2-3-9(6)12-10(8)14/h2-5H,1H3,(H,12,14). The Balaban J connectivity index is 2.71. The molecule has 2 aromatic rings. The fourth-order valence-electron chi connectivity index (χ4n) is 1.57.